The van der Waals surface area contributed by atoms with Gasteiger partial charge in [-0.15, -0.1) is 0 Å². The number of nitrogens with one attached hydrogen (secondary N) is 1. The number of alkyl halides is 3. The molecule has 9 heteroatoms. The average molecular weight is 395 g/mol. The first-order valence-corrected chi connectivity index (χ1v) is 8.48. The Balaban J connectivity index is 0.000000412. The summed E-state index contributed by atoms with van der Waals surface area (Å²) in [6, 6.07) is 7.72. The summed E-state index contributed by atoms with van der Waals surface area (Å²) in [6.07, 6.45) is -2.77. The van der Waals surface area contributed by atoms with E-state index in [4.69, 9.17) is 21.5 Å². The number of carboxylic acid groups (broad SMARTS) is 1. The molecule has 1 saturated heterocycles. The van der Waals surface area contributed by atoms with Crippen molar-refractivity contribution in [2.75, 3.05) is 19.6 Å². The zero-order chi connectivity index (χ0) is 19.7. The van der Waals surface area contributed by atoms with E-state index in [1.165, 1.54) is 0 Å². The van der Waals surface area contributed by atoms with Crippen LogP contribution in [-0.2, 0) is 16.1 Å². The van der Waals surface area contributed by atoms with Gasteiger partial charge < -0.3 is 15.3 Å². The highest BCUT2D eigenvalue weighted by Crippen LogP contribution is 2.17. The van der Waals surface area contributed by atoms with Crippen molar-refractivity contribution in [3.63, 3.8) is 0 Å². The van der Waals surface area contributed by atoms with Crippen LogP contribution in [0.3, 0.4) is 0 Å². The fraction of sp³-hybridized carbons (Fsp3) is 0.529. The van der Waals surface area contributed by atoms with Crippen LogP contribution in [0.5, 0.6) is 0 Å². The molecule has 26 heavy (non-hydrogen) atoms. The molecule has 0 bridgehead atoms. The van der Waals surface area contributed by atoms with E-state index in [0.29, 0.717) is 12.5 Å². The number of hydrogen-bond donors (Lipinski definition) is 2. The summed E-state index contributed by atoms with van der Waals surface area (Å²) in [5.41, 5.74) is 1.13. The molecule has 1 aromatic rings. The summed E-state index contributed by atoms with van der Waals surface area (Å²) < 4.78 is 31.7. The monoisotopic (exact) mass is 394 g/mol. The van der Waals surface area contributed by atoms with Crippen LogP contribution >= 0.6 is 11.6 Å². The summed E-state index contributed by atoms with van der Waals surface area (Å²) in [4.78, 5) is 22.6. The number of hydrogen-bond acceptors (Lipinski definition) is 3. The maximum atomic E-state index is 11.8. The highest BCUT2D eigenvalue weighted by molar-refractivity contribution is 6.30. The number of rotatable bonds is 4. The predicted octanol–water partition coefficient (Wildman–Crippen LogP) is 3.32. The van der Waals surface area contributed by atoms with E-state index in [-0.39, 0.29) is 5.91 Å². The molecule has 0 atom stereocenters. The lowest BCUT2D eigenvalue weighted by atomic mass is 9.97. The Morgan fingerprint density at radius 1 is 1.23 bits per heavy atom. The Bertz CT molecular complexity index is 588. The fourth-order valence-corrected chi connectivity index (χ4v) is 2.62. The van der Waals surface area contributed by atoms with E-state index >= 15 is 0 Å². The van der Waals surface area contributed by atoms with Crippen molar-refractivity contribution in [2.24, 2.45) is 5.92 Å². The molecule has 0 aromatic heterocycles. The second-order valence-electron chi connectivity index (χ2n) is 6.02. The molecule has 1 amide bonds. The summed E-state index contributed by atoms with van der Waals surface area (Å²) in [5.74, 6) is -1.99. The topological polar surface area (TPSA) is 69.6 Å². The van der Waals surface area contributed by atoms with E-state index in [0.717, 1.165) is 43.1 Å². The molecule has 1 aliphatic rings. The van der Waals surface area contributed by atoms with Crippen LogP contribution in [0.4, 0.5) is 13.2 Å². The number of halogens is 4. The number of aliphatic carboxylic acids is 1. The molecule has 146 valence electrons. The van der Waals surface area contributed by atoms with Crippen molar-refractivity contribution in [3.05, 3.63) is 34.9 Å². The van der Waals surface area contributed by atoms with Gasteiger partial charge in [-0.05, 0) is 49.5 Å². The highest BCUT2D eigenvalue weighted by atomic mass is 35.5. The molecule has 5 nitrogen and oxygen atoms in total. The molecular weight excluding hydrogens is 373 g/mol. The van der Waals surface area contributed by atoms with E-state index in [1.807, 2.05) is 29.2 Å². The Labute approximate surface area is 155 Å². The van der Waals surface area contributed by atoms with Crippen LogP contribution in [0.2, 0.25) is 5.02 Å². The van der Waals surface area contributed by atoms with Crippen molar-refractivity contribution >= 4 is 23.5 Å². The number of amides is 1. The SMILES string of the molecule is CC(=O)N(Cc1ccc(Cl)cc1)CC1CCNCC1.O=C(O)C(F)(F)F. The smallest absolute Gasteiger partial charge is 0.475 e. The minimum Gasteiger partial charge on any atom is -0.475 e. The van der Waals surface area contributed by atoms with Gasteiger partial charge in [0.05, 0.1) is 0 Å². The van der Waals surface area contributed by atoms with Gasteiger partial charge in [-0.2, -0.15) is 13.2 Å². The van der Waals surface area contributed by atoms with Crippen molar-refractivity contribution < 1.29 is 27.9 Å². The third kappa shape index (κ3) is 8.53. The Morgan fingerprint density at radius 2 is 1.73 bits per heavy atom. The molecule has 0 radical (unpaired) electrons. The zero-order valence-corrected chi connectivity index (χ0v) is 15.1. The van der Waals surface area contributed by atoms with Gasteiger partial charge in [-0.25, -0.2) is 4.79 Å². The largest absolute Gasteiger partial charge is 0.490 e. The molecule has 0 unspecified atom stereocenters. The Morgan fingerprint density at radius 3 is 2.15 bits per heavy atom. The third-order valence-corrected chi connectivity index (χ3v) is 4.16. The van der Waals surface area contributed by atoms with Gasteiger partial charge >= 0.3 is 12.1 Å². The maximum Gasteiger partial charge on any atom is 0.490 e. The molecule has 1 heterocycles. The van der Waals surface area contributed by atoms with Crippen molar-refractivity contribution in [2.45, 2.75) is 32.5 Å². The molecule has 0 spiro atoms. The van der Waals surface area contributed by atoms with Crippen LogP contribution in [0.15, 0.2) is 24.3 Å². The van der Waals surface area contributed by atoms with Gasteiger partial charge in [-0.3, -0.25) is 4.79 Å². The molecule has 0 aliphatic carbocycles. The van der Waals surface area contributed by atoms with Crippen LogP contribution in [0.1, 0.15) is 25.3 Å². The number of piperidine rings is 1. The van der Waals surface area contributed by atoms with Gasteiger partial charge in [0, 0.05) is 25.0 Å². The minimum absolute atomic E-state index is 0.147. The maximum absolute atomic E-state index is 11.8. The highest BCUT2D eigenvalue weighted by Gasteiger charge is 2.38. The average Bonchev–Trinajstić information content (AvgIpc) is 2.57. The van der Waals surface area contributed by atoms with Gasteiger partial charge in [0.25, 0.3) is 0 Å². The minimum atomic E-state index is -5.08. The van der Waals surface area contributed by atoms with Crippen LogP contribution < -0.4 is 5.32 Å². The Hall–Kier alpha value is -1.80. The second-order valence-corrected chi connectivity index (χ2v) is 6.46. The van der Waals surface area contributed by atoms with Crippen LogP contribution in [0, 0.1) is 5.92 Å². The lowest BCUT2D eigenvalue weighted by Crippen LogP contribution is -2.38. The lowest BCUT2D eigenvalue weighted by molar-refractivity contribution is -0.192. The van der Waals surface area contributed by atoms with Gasteiger partial charge in [-0.1, -0.05) is 23.7 Å². The van der Waals surface area contributed by atoms with E-state index in [1.54, 1.807) is 6.92 Å². The van der Waals surface area contributed by atoms with Gasteiger partial charge in [0.2, 0.25) is 5.91 Å². The summed E-state index contributed by atoms with van der Waals surface area (Å²) in [5, 5.41) is 11.2. The standard InChI is InChI=1S/C15H21ClN2O.C2HF3O2/c1-12(19)18(11-14-6-8-17-9-7-14)10-13-2-4-15(16)5-3-13;3-2(4,5)1(6)7/h2-5,14,17H,6-11H2,1H3;(H,6,7). The number of carboxylic acids is 1. The third-order valence-electron chi connectivity index (χ3n) is 3.91. The van der Waals surface area contributed by atoms with Crippen molar-refractivity contribution in [1.82, 2.24) is 10.2 Å². The lowest BCUT2D eigenvalue weighted by Gasteiger charge is -2.29. The van der Waals surface area contributed by atoms with Crippen LogP contribution in [0.25, 0.3) is 0 Å². The molecule has 0 saturated carbocycles. The van der Waals surface area contributed by atoms with Crippen molar-refractivity contribution in [3.8, 4) is 0 Å². The van der Waals surface area contributed by atoms with Crippen LogP contribution in [-0.4, -0.2) is 47.7 Å². The first kappa shape index (κ1) is 22.2. The van der Waals surface area contributed by atoms with Gasteiger partial charge in [0.1, 0.15) is 0 Å². The molecule has 1 fully saturated rings. The van der Waals surface area contributed by atoms with E-state index in [9.17, 15) is 18.0 Å². The van der Waals surface area contributed by atoms with Crippen molar-refractivity contribution in [1.29, 1.82) is 0 Å². The molecule has 2 N–H and O–H groups in total. The number of carbonyl (C=O) groups excluding carboxylic acids is 1. The zero-order valence-electron chi connectivity index (χ0n) is 14.4. The number of nitrogens with zero attached hydrogens (tertiary/aromatic N) is 1. The molecular formula is C17H22ClF3N2O3. The molecule has 1 aromatic carbocycles. The predicted molar refractivity (Wildman–Crippen MR) is 91.8 cm³/mol. The fourth-order valence-electron chi connectivity index (χ4n) is 2.49. The molecule has 2 rings (SSSR count). The molecule has 1 aliphatic heterocycles. The Kier molecular flexibility index (Phi) is 8.87. The summed E-state index contributed by atoms with van der Waals surface area (Å²) in [6.45, 7) is 5.32. The normalized spacial score (nSPS) is 15.0. The quantitative estimate of drug-likeness (QED) is 0.822. The first-order valence-electron chi connectivity index (χ1n) is 8.10. The first-order chi connectivity index (χ1) is 12.1. The number of benzene rings is 1. The van der Waals surface area contributed by atoms with E-state index < -0.39 is 12.1 Å². The van der Waals surface area contributed by atoms with Gasteiger partial charge in [0.15, 0.2) is 0 Å². The second kappa shape index (κ2) is 10.4. The van der Waals surface area contributed by atoms with E-state index in [2.05, 4.69) is 5.32 Å². The summed E-state index contributed by atoms with van der Waals surface area (Å²) in [7, 11) is 0. The number of carbonyl (C=O) groups is 2. The summed E-state index contributed by atoms with van der Waals surface area (Å²) >= 11 is 5.88.